The fraction of sp³-hybridized carbons (Fsp3) is 0.0435. The first-order valence-corrected chi connectivity index (χ1v) is 9.72. The normalized spacial score (nSPS) is 11.7. The lowest BCUT2D eigenvalue weighted by Gasteiger charge is -2.10. The molecule has 0 radical (unpaired) electrons. The van der Waals surface area contributed by atoms with E-state index in [0.717, 1.165) is 24.3 Å². The Morgan fingerprint density at radius 3 is 2.50 bits per heavy atom. The molecule has 32 heavy (non-hydrogen) atoms. The van der Waals surface area contributed by atoms with Gasteiger partial charge in [0.1, 0.15) is 23.3 Å². The summed E-state index contributed by atoms with van der Waals surface area (Å²) in [5.41, 5.74) is 0.262. The van der Waals surface area contributed by atoms with Crippen LogP contribution < -0.4 is 5.32 Å². The molecule has 0 aliphatic heterocycles. The zero-order valence-corrected chi connectivity index (χ0v) is 17.0. The average molecular weight is 460 g/mol. The van der Waals surface area contributed by atoms with Crippen LogP contribution in [0.5, 0.6) is 0 Å². The quantitative estimate of drug-likeness (QED) is 0.217. The largest absolute Gasteiger partial charge is 0.345 e. The van der Waals surface area contributed by atoms with Crippen molar-refractivity contribution in [3.8, 4) is 0 Å². The van der Waals surface area contributed by atoms with E-state index in [4.69, 9.17) is 11.6 Å². The van der Waals surface area contributed by atoms with Gasteiger partial charge in [0.25, 0.3) is 5.91 Å². The van der Waals surface area contributed by atoms with Crippen LogP contribution in [0, 0.1) is 23.3 Å². The maximum absolute atomic E-state index is 13.8. The van der Waals surface area contributed by atoms with Gasteiger partial charge < -0.3 is 10.3 Å². The number of nitrogens with one attached hydrogen (secondary N) is 2. The van der Waals surface area contributed by atoms with Crippen LogP contribution in [-0.2, 0) is 6.42 Å². The first kappa shape index (κ1) is 21.6. The molecule has 2 N–H and O–H groups in total. The van der Waals surface area contributed by atoms with Crippen molar-refractivity contribution in [3.63, 3.8) is 0 Å². The Hall–Kier alpha value is -3.65. The number of aromatic amines is 1. The molecule has 4 aromatic rings. The SMILES string of the molecule is O=C(NC(Cc1cc(F)cc(Cl)c1)=Nc1[nH]cc2ccc(F)cc12)c1ccc(F)c(F)c1. The van der Waals surface area contributed by atoms with Gasteiger partial charge >= 0.3 is 0 Å². The van der Waals surface area contributed by atoms with E-state index in [-0.39, 0.29) is 28.7 Å². The second-order valence-electron chi connectivity index (χ2n) is 6.96. The molecular formula is C23H14ClF4N3O. The van der Waals surface area contributed by atoms with Crippen molar-refractivity contribution in [3.05, 3.63) is 100 Å². The van der Waals surface area contributed by atoms with Gasteiger partial charge in [-0.2, -0.15) is 0 Å². The maximum atomic E-state index is 13.8. The Morgan fingerprint density at radius 1 is 0.938 bits per heavy atom. The van der Waals surface area contributed by atoms with Crippen molar-refractivity contribution < 1.29 is 22.4 Å². The number of amidine groups is 1. The number of hydrogen-bond donors (Lipinski definition) is 2. The van der Waals surface area contributed by atoms with Crippen molar-refractivity contribution in [1.82, 2.24) is 10.3 Å². The third-order valence-electron chi connectivity index (χ3n) is 4.62. The van der Waals surface area contributed by atoms with E-state index >= 15 is 0 Å². The summed E-state index contributed by atoms with van der Waals surface area (Å²) in [7, 11) is 0. The fourth-order valence-corrected chi connectivity index (χ4v) is 3.41. The van der Waals surface area contributed by atoms with Gasteiger partial charge in [0, 0.05) is 34.0 Å². The lowest BCUT2D eigenvalue weighted by Crippen LogP contribution is -2.32. The van der Waals surface area contributed by atoms with Crippen LogP contribution in [0.2, 0.25) is 5.02 Å². The number of carbonyl (C=O) groups is 1. The van der Waals surface area contributed by atoms with Gasteiger partial charge in [0.2, 0.25) is 0 Å². The zero-order chi connectivity index (χ0) is 22.8. The molecule has 4 nitrogen and oxygen atoms in total. The highest BCUT2D eigenvalue weighted by Gasteiger charge is 2.15. The van der Waals surface area contributed by atoms with Crippen molar-refractivity contribution in [2.24, 2.45) is 4.99 Å². The van der Waals surface area contributed by atoms with Gasteiger partial charge in [-0.05, 0) is 60.2 Å². The molecule has 0 unspecified atom stereocenters. The average Bonchev–Trinajstić information content (AvgIpc) is 3.11. The molecule has 0 bridgehead atoms. The highest BCUT2D eigenvalue weighted by Crippen LogP contribution is 2.26. The molecular weight excluding hydrogens is 446 g/mol. The number of benzene rings is 3. The van der Waals surface area contributed by atoms with Gasteiger partial charge in [-0.15, -0.1) is 0 Å². The molecule has 0 atom stereocenters. The van der Waals surface area contributed by atoms with E-state index in [1.807, 2.05) is 0 Å². The molecule has 4 rings (SSSR count). The molecule has 0 saturated carbocycles. The molecule has 1 amide bonds. The number of amides is 1. The predicted octanol–water partition coefficient (Wildman–Crippen LogP) is 6.08. The van der Waals surface area contributed by atoms with E-state index in [1.54, 1.807) is 12.3 Å². The molecule has 1 aromatic heterocycles. The molecule has 1 heterocycles. The number of rotatable bonds is 4. The van der Waals surface area contributed by atoms with Crippen LogP contribution in [0.25, 0.3) is 10.8 Å². The van der Waals surface area contributed by atoms with Gasteiger partial charge in [-0.3, -0.25) is 4.79 Å². The number of aromatic nitrogens is 1. The maximum Gasteiger partial charge on any atom is 0.256 e. The summed E-state index contributed by atoms with van der Waals surface area (Å²) in [5, 5.41) is 3.82. The van der Waals surface area contributed by atoms with Crippen LogP contribution in [0.4, 0.5) is 23.4 Å². The summed E-state index contributed by atoms with van der Waals surface area (Å²) < 4.78 is 54.3. The van der Waals surface area contributed by atoms with Crippen molar-refractivity contribution in [1.29, 1.82) is 0 Å². The molecule has 0 aliphatic carbocycles. The van der Waals surface area contributed by atoms with E-state index in [9.17, 15) is 22.4 Å². The topological polar surface area (TPSA) is 57.2 Å². The van der Waals surface area contributed by atoms with Crippen LogP contribution >= 0.6 is 11.6 Å². The fourth-order valence-electron chi connectivity index (χ4n) is 3.17. The van der Waals surface area contributed by atoms with Crippen LogP contribution in [0.15, 0.2) is 65.8 Å². The third kappa shape index (κ3) is 4.81. The minimum Gasteiger partial charge on any atom is -0.345 e. The van der Waals surface area contributed by atoms with Crippen LogP contribution in [0.1, 0.15) is 15.9 Å². The lowest BCUT2D eigenvalue weighted by molar-refractivity contribution is 0.0976. The summed E-state index contributed by atoms with van der Waals surface area (Å²) in [6.45, 7) is 0. The molecule has 3 aromatic carbocycles. The summed E-state index contributed by atoms with van der Waals surface area (Å²) in [5.74, 6) is -3.78. The Balaban J connectivity index is 1.73. The number of hydrogen-bond acceptors (Lipinski definition) is 2. The molecule has 0 fully saturated rings. The second kappa shape index (κ2) is 8.84. The van der Waals surface area contributed by atoms with Crippen molar-refractivity contribution in [2.75, 3.05) is 0 Å². The number of carbonyl (C=O) groups excluding carboxylic acids is 1. The molecule has 0 spiro atoms. The van der Waals surface area contributed by atoms with Gasteiger partial charge in [-0.25, -0.2) is 22.6 Å². The van der Waals surface area contributed by atoms with Crippen molar-refractivity contribution in [2.45, 2.75) is 6.42 Å². The Labute approximate surface area is 184 Å². The molecule has 0 aliphatic rings. The summed E-state index contributed by atoms with van der Waals surface area (Å²) in [6, 6.07) is 10.7. The molecule has 9 heteroatoms. The van der Waals surface area contributed by atoms with Gasteiger partial charge in [-0.1, -0.05) is 11.6 Å². The second-order valence-corrected chi connectivity index (χ2v) is 7.40. The summed E-state index contributed by atoms with van der Waals surface area (Å²) in [6.07, 6.45) is 1.56. The minimum atomic E-state index is -1.18. The summed E-state index contributed by atoms with van der Waals surface area (Å²) in [4.78, 5) is 19.9. The number of H-pyrrole nitrogens is 1. The minimum absolute atomic E-state index is 0.0504. The Kier molecular flexibility index (Phi) is 5.96. The van der Waals surface area contributed by atoms with Gasteiger partial charge in [0.05, 0.1) is 0 Å². The molecule has 162 valence electrons. The first-order chi connectivity index (χ1) is 15.3. The van der Waals surface area contributed by atoms with Gasteiger partial charge in [0.15, 0.2) is 11.6 Å². The zero-order valence-electron chi connectivity index (χ0n) is 16.2. The number of aliphatic imine (C=N–C) groups is 1. The van der Waals surface area contributed by atoms with E-state index in [2.05, 4.69) is 15.3 Å². The molecule has 0 saturated heterocycles. The monoisotopic (exact) mass is 459 g/mol. The Bertz CT molecular complexity index is 1350. The number of nitrogens with zero attached hydrogens (tertiary/aromatic N) is 1. The van der Waals surface area contributed by atoms with E-state index in [0.29, 0.717) is 16.3 Å². The van der Waals surface area contributed by atoms with Crippen LogP contribution in [-0.4, -0.2) is 16.7 Å². The predicted molar refractivity (Wildman–Crippen MR) is 114 cm³/mol. The highest BCUT2D eigenvalue weighted by molar-refractivity contribution is 6.30. The van der Waals surface area contributed by atoms with E-state index in [1.165, 1.54) is 24.3 Å². The van der Waals surface area contributed by atoms with Crippen molar-refractivity contribution >= 4 is 39.9 Å². The third-order valence-corrected chi connectivity index (χ3v) is 4.83. The number of fused-ring (bicyclic) bond motifs is 1. The smallest absolute Gasteiger partial charge is 0.256 e. The highest BCUT2D eigenvalue weighted by atomic mass is 35.5. The van der Waals surface area contributed by atoms with E-state index < -0.39 is 29.2 Å². The summed E-state index contributed by atoms with van der Waals surface area (Å²) >= 11 is 5.91. The first-order valence-electron chi connectivity index (χ1n) is 9.34. The Morgan fingerprint density at radius 2 is 1.75 bits per heavy atom. The standard InChI is InChI=1S/C23H14ClF4N3O/c24-15-5-12(6-17(26)9-15)7-21(31-23(32)13-2-4-19(27)20(28)8-13)30-22-18-10-16(25)3-1-14(18)11-29-22/h1-6,8-11,29H,7H2,(H,30,31,32). The van der Waals surface area contributed by atoms with Crippen LogP contribution in [0.3, 0.4) is 0 Å². The number of halogens is 5. The lowest BCUT2D eigenvalue weighted by atomic mass is 10.1.